The Balaban J connectivity index is 2.21. The summed E-state index contributed by atoms with van der Waals surface area (Å²) in [6.45, 7) is 1.94. The monoisotopic (exact) mass is 271 g/mol. The minimum atomic E-state index is -4.33. The van der Waals surface area contributed by atoms with Crippen molar-refractivity contribution in [3.63, 3.8) is 0 Å². The van der Waals surface area contributed by atoms with Gasteiger partial charge in [-0.15, -0.1) is 0 Å². The van der Waals surface area contributed by atoms with Crippen molar-refractivity contribution in [3.8, 4) is 0 Å². The molecule has 0 radical (unpaired) electrons. The van der Waals surface area contributed by atoms with Gasteiger partial charge in [0.1, 0.15) is 0 Å². The van der Waals surface area contributed by atoms with Gasteiger partial charge in [0.2, 0.25) is 5.91 Å². The van der Waals surface area contributed by atoms with Crippen LogP contribution in [0.15, 0.2) is 24.3 Å². The van der Waals surface area contributed by atoms with Gasteiger partial charge in [0.05, 0.1) is 5.56 Å². The molecule has 0 aliphatic carbocycles. The topological polar surface area (TPSA) is 29.1 Å². The van der Waals surface area contributed by atoms with Crippen molar-refractivity contribution in [1.29, 1.82) is 0 Å². The molecule has 1 heterocycles. The van der Waals surface area contributed by atoms with Gasteiger partial charge in [0.15, 0.2) is 0 Å². The van der Waals surface area contributed by atoms with Crippen LogP contribution < -0.4 is 5.32 Å². The smallest absolute Gasteiger partial charge is 0.350 e. The van der Waals surface area contributed by atoms with Crippen LogP contribution in [0.3, 0.4) is 0 Å². The predicted octanol–water partition coefficient (Wildman–Crippen LogP) is 3.31. The molecule has 0 saturated carbocycles. The fourth-order valence-electron chi connectivity index (χ4n) is 2.54. The summed E-state index contributed by atoms with van der Waals surface area (Å²) in [5.41, 5.74) is -0.416. The first-order valence-corrected chi connectivity index (χ1v) is 6.32. The van der Waals surface area contributed by atoms with Crippen molar-refractivity contribution < 1.29 is 18.0 Å². The number of carbonyl (C=O) groups is 1. The molecule has 1 aliphatic rings. The molecule has 2 rings (SSSR count). The fourth-order valence-corrected chi connectivity index (χ4v) is 2.54. The minimum absolute atomic E-state index is 0.0196. The van der Waals surface area contributed by atoms with Crippen LogP contribution in [-0.4, -0.2) is 11.4 Å². The number of hydrogen-bond acceptors (Lipinski definition) is 1. The number of rotatable bonds is 3. The van der Waals surface area contributed by atoms with Gasteiger partial charge >= 0.3 is 6.18 Å². The largest absolute Gasteiger partial charge is 0.416 e. The second kappa shape index (κ2) is 4.87. The maximum Gasteiger partial charge on any atom is 0.416 e. The summed E-state index contributed by atoms with van der Waals surface area (Å²) in [4.78, 5) is 11.3. The number of alkyl halides is 3. The summed E-state index contributed by atoms with van der Waals surface area (Å²) in [7, 11) is 0. The molecule has 19 heavy (non-hydrogen) atoms. The Bertz CT molecular complexity index is 484. The molecule has 1 fully saturated rings. The molecule has 1 aliphatic heterocycles. The highest BCUT2D eigenvalue weighted by molar-refractivity contribution is 5.79. The lowest BCUT2D eigenvalue weighted by molar-refractivity contribution is -0.137. The summed E-state index contributed by atoms with van der Waals surface area (Å²) in [6, 6.07) is 5.33. The highest BCUT2D eigenvalue weighted by Gasteiger charge is 2.37. The van der Waals surface area contributed by atoms with Gasteiger partial charge < -0.3 is 5.32 Å². The van der Waals surface area contributed by atoms with Crippen molar-refractivity contribution in [2.24, 2.45) is 0 Å². The van der Waals surface area contributed by atoms with Crippen molar-refractivity contribution >= 4 is 5.91 Å². The van der Waals surface area contributed by atoms with E-state index in [0.29, 0.717) is 24.8 Å². The number of benzene rings is 1. The van der Waals surface area contributed by atoms with Crippen LogP contribution in [0.1, 0.15) is 37.3 Å². The van der Waals surface area contributed by atoms with E-state index in [2.05, 4.69) is 5.32 Å². The lowest BCUT2D eigenvalue weighted by Gasteiger charge is -2.28. The first-order chi connectivity index (χ1) is 8.85. The van der Waals surface area contributed by atoms with Gasteiger partial charge in [0.25, 0.3) is 0 Å². The number of amides is 1. The molecule has 1 N–H and O–H groups in total. The third-order valence-electron chi connectivity index (χ3n) is 3.71. The molecule has 1 saturated heterocycles. The molecule has 1 aromatic carbocycles. The summed E-state index contributed by atoms with van der Waals surface area (Å²) in [5.74, 6) is -0.0196. The van der Waals surface area contributed by atoms with E-state index in [4.69, 9.17) is 0 Å². The van der Waals surface area contributed by atoms with Gasteiger partial charge in [-0.25, -0.2) is 0 Å². The zero-order valence-electron chi connectivity index (χ0n) is 10.7. The molecule has 1 aromatic rings. The zero-order valence-corrected chi connectivity index (χ0v) is 10.7. The van der Waals surface area contributed by atoms with Gasteiger partial charge in [-0.3, -0.25) is 4.79 Å². The Labute approximate surface area is 110 Å². The second-order valence-corrected chi connectivity index (χ2v) is 5.06. The molecule has 5 heteroatoms. The molecule has 0 spiro atoms. The van der Waals surface area contributed by atoms with Crippen LogP contribution in [0.4, 0.5) is 13.2 Å². The Morgan fingerprint density at radius 2 is 2.11 bits per heavy atom. The average molecular weight is 271 g/mol. The fraction of sp³-hybridized carbons (Fsp3) is 0.500. The minimum Gasteiger partial charge on any atom is -0.350 e. The summed E-state index contributed by atoms with van der Waals surface area (Å²) in [6.07, 6.45) is -2.03. The van der Waals surface area contributed by atoms with Crippen LogP contribution in [0.25, 0.3) is 0 Å². The molecule has 0 aromatic heterocycles. The average Bonchev–Trinajstić information content (AvgIpc) is 2.71. The summed E-state index contributed by atoms with van der Waals surface area (Å²) >= 11 is 0. The molecular formula is C14H16F3NO. The lowest BCUT2D eigenvalue weighted by Crippen LogP contribution is -2.42. The molecule has 2 nitrogen and oxygen atoms in total. The molecule has 104 valence electrons. The van der Waals surface area contributed by atoms with Crippen molar-refractivity contribution in [1.82, 2.24) is 5.32 Å². The zero-order chi connectivity index (χ0) is 14.1. The number of hydrogen-bond donors (Lipinski definition) is 1. The third-order valence-corrected chi connectivity index (χ3v) is 3.71. The van der Waals surface area contributed by atoms with Crippen LogP contribution in [0, 0.1) is 0 Å². The van der Waals surface area contributed by atoms with Crippen LogP contribution in [0.2, 0.25) is 0 Å². The molecule has 1 atom stereocenters. The first kappa shape index (κ1) is 13.9. The summed E-state index contributed by atoms with van der Waals surface area (Å²) in [5, 5.41) is 2.90. The number of nitrogens with one attached hydrogen (secondary N) is 1. The van der Waals surface area contributed by atoms with E-state index < -0.39 is 11.7 Å². The highest BCUT2D eigenvalue weighted by atomic mass is 19.4. The molecule has 1 unspecified atom stereocenters. The van der Waals surface area contributed by atoms with Crippen molar-refractivity contribution in [3.05, 3.63) is 35.4 Å². The van der Waals surface area contributed by atoms with Gasteiger partial charge in [-0.2, -0.15) is 13.2 Å². The maximum absolute atomic E-state index is 12.7. The Hall–Kier alpha value is -1.52. The quantitative estimate of drug-likeness (QED) is 0.897. The van der Waals surface area contributed by atoms with Gasteiger partial charge in [-0.05, 0) is 30.9 Å². The van der Waals surface area contributed by atoms with Crippen molar-refractivity contribution in [2.45, 2.75) is 44.3 Å². The van der Waals surface area contributed by atoms with E-state index in [9.17, 15) is 18.0 Å². The highest BCUT2D eigenvalue weighted by Crippen LogP contribution is 2.32. The van der Waals surface area contributed by atoms with Crippen molar-refractivity contribution in [2.75, 3.05) is 0 Å². The molecule has 0 bridgehead atoms. The Morgan fingerprint density at radius 1 is 1.37 bits per heavy atom. The second-order valence-electron chi connectivity index (χ2n) is 5.06. The van der Waals surface area contributed by atoms with E-state index in [1.54, 1.807) is 6.07 Å². The number of carbonyl (C=O) groups excluding carboxylic acids is 1. The van der Waals surface area contributed by atoms with Crippen LogP contribution in [-0.2, 0) is 17.4 Å². The van der Waals surface area contributed by atoms with E-state index >= 15 is 0 Å². The number of halogens is 3. The summed E-state index contributed by atoms with van der Waals surface area (Å²) < 4.78 is 38.0. The molecular weight excluding hydrogens is 255 g/mol. The predicted molar refractivity (Wildman–Crippen MR) is 65.5 cm³/mol. The molecule has 1 amide bonds. The van der Waals surface area contributed by atoms with E-state index in [1.165, 1.54) is 12.1 Å². The lowest BCUT2D eigenvalue weighted by atomic mass is 9.86. The SMILES string of the molecule is CCC1(Cc2cccc(C(F)(F)F)c2)CCC(=O)N1. The Kier molecular flexibility index (Phi) is 3.56. The standard InChI is InChI=1S/C14H16F3NO/c1-2-13(7-6-12(19)18-13)9-10-4-3-5-11(8-10)14(15,16)17/h3-5,8H,2,6-7,9H2,1H3,(H,18,19). The van der Waals surface area contributed by atoms with Crippen LogP contribution in [0.5, 0.6) is 0 Å². The van der Waals surface area contributed by atoms with Gasteiger partial charge in [0, 0.05) is 12.0 Å². The normalized spacial score (nSPS) is 23.5. The third kappa shape index (κ3) is 3.08. The van der Waals surface area contributed by atoms with E-state index in [0.717, 1.165) is 12.5 Å². The maximum atomic E-state index is 12.7. The van der Waals surface area contributed by atoms with E-state index in [-0.39, 0.29) is 11.4 Å². The first-order valence-electron chi connectivity index (χ1n) is 6.32. The van der Waals surface area contributed by atoms with E-state index in [1.807, 2.05) is 6.92 Å². The Morgan fingerprint density at radius 3 is 2.63 bits per heavy atom. The van der Waals surface area contributed by atoms with Crippen LogP contribution >= 0.6 is 0 Å². The van der Waals surface area contributed by atoms with Gasteiger partial charge in [-0.1, -0.05) is 25.1 Å².